The van der Waals surface area contributed by atoms with Crippen molar-refractivity contribution in [3.05, 3.63) is 35.9 Å². The molecule has 7 nitrogen and oxygen atoms in total. The second-order valence-electron chi connectivity index (χ2n) is 5.93. The van der Waals surface area contributed by atoms with Crippen LogP contribution in [0.15, 0.2) is 30.3 Å². The Bertz CT molecular complexity index is 469. The Balaban J connectivity index is 1.90. The second kappa shape index (κ2) is 9.43. The molecule has 136 valence electrons. The van der Waals surface area contributed by atoms with E-state index in [0.29, 0.717) is 13.0 Å². The number of aliphatic hydroxyl groups is 3. The minimum atomic E-state index is -1.61. The molecule has 1 aliphatic rings. The van der Waals surface area contributed by atoms with Crippen molar-refractivity contribution in [3.8, 4) is 0 Å². The molecule has 0 amide bonds. The molecule has 0 bridgehead atoms. The van der Waals surface area contributed by atoms with Gasteiger partial charge in [-0.15, -0.1) is 0 Å². The lowest BCUT2D eigenvalue weighted by atomic mass is 9.96. The van der Waals surface area contributed by atoms with Crippen LogP contribution in [0.5, 0.6) is 0 Å². The van der Waals surface area contributed by atoms with Crippen LogP contribution in [-0.4, -0.2) is 67.0 Å². The van der Waals surface area contributed by atoms with Gasteiger partial charge in [-0.2, -0.15) is 0 Å². The summed E-state index contributed by atoms with van der Waals surface area (Å²) < 4.78 is 21.4. The van der Waals surface area contributed by atoms with Crippen molar-refractivity contribution in [1.29, 1.82) is 0 Å². The third-order valence-corrected chi connectivity index (χ3v) is 4.31. The number of aliphatic hydroxyl groups excluding tert-OH is 2. The van der Waals surface area contributed by atoms with Gasteiger partial charge in [0.25, 0.3) is 0 Å². The highest BCUT2D eigenvalue weighted by Gasteiger charge is 2.55. The van der Waals surface area contributed by atoms with Crippen molar-refractivity contribution in [2.45, 2.75) is 30.8 Å². The van der Waals surface area contributed by atoms with Crippen LogP contribution in [0.25, 0.3) is 0 Å². The molecule has 2 rings (SSSR count). The highest BCUT2D eigenvalue weighted by Crippen LogP contribution is 2.39. The molecule has 0 aromatic heterocycles. The topological polar surface area (TPSA) is 97.6 Å². The van der Waals surface area contributed by atoms with Crippen LogP contribution in [-0.2, 0) is 25.6 Å². The number of rotatable bonds is 10. The van der Waals surface area contributed by atoms with Crippen LogP contribution in [0.1, 0.15) is 12.0 Å². The number of benzene rings is 1. The van der Waals surface area contributed by atoms with Gasteiger partial charge in [0.1, 0.15) is 19.2 Å². The molecule has 1 saturated carbocycles. The van der Waals surface area contributed by atoms with E-state index in [1.165, 1.54) is 7.11 Å². The summed E-state index contributed by atoms with van der Waals surface area (Å²) in [4.78, 5) is 0. The lowest BCUT2D eigenvalue weighted by molar-refractivity contribution is -0.215. The largest absolute Gasteiger partial charge is 0.396 e. The average molecular weight is 342 g/mol. The van der Waals surface area contributed by atoms with Gasteiger partial charge in [-0.1, -0.05) is 30.3 Å². The molecule has 1 aromatic rings. The van der Waals surface area contributed by atoms with Crippen molar-refractivity contribution in [2.24, 2.45) is 5.92 Å². The molecule has 0 saturated heterocycles. The summed E-state index contributed by atoms with van der Waals surface area (Å²) in [5.41, 5.74) is -0.605. The van der Waals surface area contributed by atoms with E-state index < -0.39 is 24.4 Å². The second-order valence-corrected chi connectivity index (χ2v) is 5.93. The van der Waals surface area contributed by atoms with E-state index in [4.69, 9.17) is 18.9 Å². The normalized spacial score (nSPS) is 29.9. The number of methoxy groups -OCH3 is 1. The first-order chi connectivity index (χ1) is 11.7. The maximum absolute atomic E-state index is 10.7. The third kappa shape index (κ3) is 4.52. The van der Waals surface area contributed by atoms with Crippen molar-refractivity contribution in [1.82, 2.24) is 0 Å². The molecule has 1 fully saturated rings. The summed E-state index contributed by atoms with van der Waals surface area (Å²) in [5.74, 6) is -0.357. The number of hydrogen-bond donors (Lipinski definition) is 3. The zero-order valence-corrected chi connectivity index (χ0v) is 13.8. The molecule has 0 aliphatic heterocycles. The summed E-state index contributed by atoms with van der Waals surface area (Å²) in [6.45, 7) is -0.421. The van der Waals surface area contributed by atoms with Crippen molar-refractivity contribution in [3.63, 3.8) is 0 Å². The lowest BCUT2D eigenvalue weighted by Gasteiger charge is -2.33. The third-order valence-electron chi connectivity index (χ3n) is 4.31. The minimum Gasteiger partial charge on any atom is -0.396 e. The zero-order chi connectivity index (χ0) is 17.4. The van der Waals surface area contributed by atoms with Crippen molar-refractivity contribution in [2.75, 3.05) is 33.9 Å². The fraction of sp³-hybridized carbons (Fsp3) is 0.647. The summed E-state index contributed by atoms with van der Waals surface area (Å²) in [6.07, 6.45) is -1.11. The fourth-order valence-electron chi connectivity index (χ4n) is 3.05. The van der Waals surface area contributed by atoms with E-state index in [9.17, 15) is 15.3 Å². The molecule has 7 heteroatoms. The number of hydrogen-bond acceptors (Lipinski definition) is 7. The predicted octanol–water partition coefficient (Wildman–Crippen LogP) is 0.271. The molecule has 1 unspecified atom stereocenters. The maximum Gasteiger partial charge on any atom is 0.147 e. The van der Waals surface area contributed by atoms with E-state index in [1.807, 2.05) is 30.3 Å². The maximum atomic E-state index is 10.7. The van der Waals surface area contributed by atoms with Gasteiger partial charge in [0, 0.05) is 19.6 Å². The van der Waals surface area contributed by atoms with Crippen LogP contribution in [0.3, 0.4) is 0 Å². The molecule has 3 N–H and O–H groups in total. The van der Waals surface area contributed by atoms with Gasteiger partial charge < -0.3 is 34.3 Å². The van der Waals surface area contributed by atoms with Gasteiger partial charge in [0.05, 0.1) is 25.4 Å². The first-order valence-corrected chi connectivity index (χ1v) is 7.93. The fourth-order valence-corrected chi connectivity index (χ4v) is 3.05. The Hall–Kier alpha value is -1.06. The first kappa shape index (κ1) is 19.3. The molecule has 0 heterocycles. The van der Waals surface area contributed by atoms with Crippen molar-refractivity contribution >= 4 is 0 Å². The monoisotopic (exact) mass is 342 g/mol. The van der Waals surface area contributed by atoms with E-state index in [2.05, 4.69) is 0 Å². The first-order valence-electron chi connectivity index (χ1n) is 7.93. The van der Waals surface area contributed by atoms with Crippen molar-refractivity contribution < 1.29 is 34.3 Å². The Morgan fingerprint density at radius 1 is 1.12 bits per heavy atom. The summed E-state index contributed by atoms with van der Waals surface area (Å²) in [7, 11) is 1.47. The van der Waals surface area contributed by atoms with Crippen LogP contribution in [0, 0.1) is 5.92 Å². The Morgan fingerprint density at radius 2 is 1.88 bits per heavy atom. The molecular formula is C17H26O7. The predicted molar refractivity (Wildman–Crippen MR) is 84.9 cm³/mol. The van der Waals surface area contributed by atoms with Gasteiger partial charge in [-0.3, -0.25) is 0 Å². The van der Waals surface area contributed by atoms with Gasteiger partial charge in [0.15, 0.2) is 0 Å². The molecule has 0 radical (unpaired) electrons. The van der Waals surface area contributed by atoms with E-state index in [1.54, 1.807) is 0 Å². The molecule has 1 aromatic carbocycles. The highest BCUT2D eigenvalue weighted by molar-refractivity contribution is 5.13. The van der Waals surface area contributed by atoms with Gasteiger partial charge in [0.2, 0.25) is 0 Å². The van der Waals surface area contributed by atoms with Crippen LogP contribution < -0.4 is 0 Å². The molecule has 24 heavy (non-hydrogen) atoms. The van der Waals surface area contributed by atoms with E-state index in [0.717, 1.165) is 5.56 Å². The minimum absolute atomic E-state index is 0.0116. The summed E-state index contributed by atoms with van der Waals surface area (Å²) in [6, 6.07) is 9.63. The molecule has 1 aliphatic carbocycles. The standard InChI is InChI=1S/C17H26O7/c1-21-11-23-15-7-14(8-18)16(17(15,20)10-19)24-12-22-9-13-5-3-2-4-6-13/h2-6,14-16,18-20H,7-12H2,1H3/t14-,15?,16-,17-/m0/s1. The zero-order valence-electron chi connectivity index (χ0n) is 13.8. The number of ether oxygens (including phenoxy) is 4. The quantitative estimate of drug-likeness (QED) is 0.415. The molecule has 4 atom stereocenters. The van der Waals surface area contributed by atoms with Gasteiger partial charge >= 0.3 is 0 Å². The average Bonchev–Trinajstić information content (AvgIpc) is 2.90. The Kier molecular flexibility index (Phi) is 7.57. The Morgan fingerprint density at radius 3 is 2.50 bits per heavy atom. The van der Waals surface area contributed by atoms with Crippen LogP contribution in [0.2, 0.25) is 0 Å². The molecular weight excluding hydrogens is 316 g/mol. The van der Waals surface area contributed by atoms with E-state index in [-0.39, 0.29) is 26.1 Å². The molecule has 0 spiro atoms. The van der Waals surface area contributed by atoms with Gasteiger partial charge in [-0.05, 0) is 12.0 Å². The summed E-state index contributed by atoms with van der Waals surface area (Å²) in [5, 5.41) is 29.9. The van der Waals surface area contributed by atoms with Crippen LogP contribution in [0.4, 0.5) is 0 Å². The smallest absolute Gasteiger partial charge is 0.147 e. The SMILES string of the molecule is COCOC1C[C@@H](CO)[C@H](OCOCc2ccccc2)[C@]1(O)CO. The van der Waals surface area contributed by atoms with Gasteiger partial charge in [-0.25, -0.2) is 0 Å². The lowest BCUT2D eigenvalue weighted by Crippen LogP contribution is -2.53. The summed E-state index contributed by atoms with van der Waals surface area (Å²) >= 11 is 0. The van der Waals surface area contributed by atoms with E-state index >= 15 is 0 Å². The Labute approximate surface area is 141 Å². The highest BCUT2D eigenvalue weighted by atomic mass is 16.7. The van der Waals surface area contributed by atoms with Crippen LogP contribution >= 0.6 is 0 Å².